The van der Waals surface area contributed by atoms with Crippen LogP contribution >= 0.6 is 0 Å². The summed E-state index contributed by atoms with van der Waals surface area (Å²) in [5, 5.41) is 18.0. The molecule has 0 radical (unpaired) electrons. The molecular weight excluding hydrogens is 246 g/mol. The van der Waals surface area contributed by atoms with E-state index in [1.165, 1.54) is 0 Å². The molecule has 0 bridgehead atoms. The van der Waals surface area contributed by atoms with Crippen LogP contribution in [-0.2, 0) is 11.3 Å². The molecule has 0 unspecified atom stereocenters. The number of ether oxygens (including phenoxy) is 1. The van der Waals surface area contributed by atoms with Crippen LogP contribution in [0.4, 0.5) is 4.79 Å². The fourth-order valence-corrected chi connectivity index (χ4v) is 2.14. The number of nitrogens with zero attached hydrogens (tertiary/aromatic N) is 1. The topological polar surface area (TPSA) is 70.0 Å². The number of carbonyl (C=O) groups excluding carboxylic acids is 1. The summed E-state index contributed by atoms with van der Waals surface area (Å²) in [6.07, 6.45) is -0.482. The van der Waals surface area contributed by atoms with Crippen LogP contribution in [0.3, 0.4) is 0 Å². The second-order valence-corrected chi connectivity index (χ2v) is 4.88. The summed E-state index contributed by atoms with van der Waals surface area (Å²) >= 11 is 0. The molecule has 1 aromatic carbocycles. The standard InChI is InChI=1S/C14H19NO4/c16-9-13(17)6-12-7-15(8-12)14(18)19-10-11-4-2-1-3-5-11/h1-5,12-13,16-17H,6-10H2/t13-/m1/s1. The van der Waals surface area contributed by atoms with Gasteiger partial charge >= 0.3 is 6.09 Å². The van der Waals surface area contributed by atoms with Crippen molar-refractivity contribution < 1.29 is 19.7 Å². The Kier molecular flexibility index (Phi) is 4.76. The van der Waals surface area contributed by atoms with Gasteiger partial charge in [-0.15, -0.1) is 0 Å². The minimum Gasteiger partial charge on any atom is -0.445 e. The Balaban J connectivity index is 1.66. The van der Waals surface area contributed by atoms with Crippen molar-refractivity contribution >= 4 is 6.09 Å². The second-order valence-electron chi connectivity index (χ2n) is 4.88. The lowest BCUT2D eigenvalue weighted by Crippen LogP contribution is -2.51. The first-order valence-corrected chi connectivity index (χ1v) is 6.43. The maximum Gasteiger partial charge on any atom is 0.410 e. The van der Waals surface area contributed by atoms with Crippen molar-refractivity contribution in [3.63, 3.8) is 0 Å². The lowest BCUT2D eigenvalue weighted by Gasteiger charge is -2.39. The Morgan fingerprint density at radius 1 is 1.37 bits per heavy atom. The van der Waals surface area contributed by atoms with Gasteiger partial charge in [0.1, 0.15) is 6.61 Å². The van der Waals surface area contributed by atoms with Gasteiger partial charge in [-0.3, -0.25) is 0 Å². The quantitative estimate of drug-likeness (QED) is 0.833. The molecule has 19 heavy (non-hydrogen) atoms. The summed E-state index contributed by atoms with van der Waals surface area (Å²) in [6, 6.07) is 9.53. The van der Waals surface area contributed by atoms with Gasteiger partial charge in [0, 0.05) is 13.1 Å². The first-order valence-electron chi connectivity index (χ1n) is 6.43. The van der Waals surface area contributed by atoms with Gasteiger partial charge in [0.05, 0.1) is 12.7 Å². The zero-order valence-corrected chi connectivity index (χ0v) is 10.7. The summed E-state index contributed by atoms with van der Waals surface area (Å²) in [4.78, 5) is 13.3. The molecule has 2 N–H and O–H groups in total. The van der Waals surface area contributed by atoms with Crippen LogP contribution in [-0.4, -0.2) is 47.0 Å². The fourth-order valence-electron chi connectivity index (χ4n) is 2.14. The lowest BCUT2D eigenvalue weighted by molar-refractivity contribution is 0.0154. The van der Waals surface area contributed by atoms with E-state index in [4.69, 9.17) is 9.84 Å². The first-order chi connectivity index (χ1) is 9.19. The van der Waals surface area contributed by atoms with Crippen molar-refractivity contribution in [2.75, 3.05) is 19.7 Å². The highest BCUT2D eigenvalue weighted by molar-refractivity contribution is 5.68. The molecule has 1 saturated heterocycles. The number of carbonyl (C=O) groups is 1. The van der Waals surface area contributed by atoms with Crippen LogP contribution < -0.4 is 0 Å². The van der Waals surface area contributed by atoms with Crippen LogP contribution in [0.1, 0.15) is 12.0 Å². The molecule has 1 fully saturated rings. The van der Waals surface area contributed by atoms with Crippen LogP contribution in [0.2, 0.25) is 0 Å². The molecule has 0 saturated carbocycles. The van der Waals surface area contributed by atoms with Gasteiger partial charge in [-0.25, -0.2) is 4.79 Å². The van der Waals surface area contributed by atoms with Gasteiger partial charge in [-0.2, -0.15) is 0 Å². The third-order valence-corrected chi connectivity index (χ3v) is 3.24. The molecule has 1 amide bonds. The number of hydrogen-bond donors (Lipinski definition) is 2. The summed E-state index contributed by atoms with van der Waals surface area (Å²) in [7, 11) is 0. The SMILES string of the molecule is O=C(OCc1ccccc1)N1CC(C[C@@H](O)CO)C1. The minimum absolute atomic E-state index is 0.227. The molecule has 2 rings (SSSR count). The summed E-state index contributed by atoms with van der Waals surface area (Å²) in [5.41, 5.74) is 0.962. The average molecular weight is 265 g/mol. The molecule has 5 nitrogen and oxygen atoms in total. The van der Waals surface area contributed by atoms with E-state index in [1.54, 1.807) is 4.90 Å². The van der Waals surface area contributed by atoms with Crippen LogP contribution in [0.15, 0.2) is 30.3 Å². The summed E-state index contributed by atoms with van der Waals surface area (Å²) in [5.74, 6) is 0.256. The van der Waals surface area contributed by atoms with Crippen LogP contribution in [0.25, 0.3) is 0 Å². The molecule has 0 aromatic heterocycles. The molecular formula is C14H19NO4. The minimum atomic E-state index is -0.688. The summed E-state index contributed by atoms with van der Waals surface area (Å²) in [6.45, 7) is 1.23. The smallest absolute Gasteiger partial charge is 0.410 e. The zero-order valence-electron chi connectivity index (χ0n) is 10.7. The van der Waals surface area contributed by atoms with E-state index in [1.807, 2.05) is 30.3 Å². The van der Waals surface area contributed by atoms with Crippen molar-refractivity contribution in [2.45, 2.75) is 19.1 Å². The van der Waals surface area contributed by atoms with Crippen molar-refractivity contribution in [1.82, 2.24) is 4.90 Å². The number of rotatable bonds is 5. The molecule has 1 aliphatic heterocycles. The van der Waals surface area contributed by atoms with Gasteiger partial charge in [0.15, 0.2) is 0 Å². The Morgan fingerprint density at radius 2 is 2.05 bits per heavy atom. The summed E-state index contributed by atoms with van der Waals surface area (Å²) < 4.78 is 5.19. The Hall–Kier alpha value is -1.59. The van der Waals surface area contributed by atoms with E-state index < -0.39 is 6.10 Å². The van der Waals surface area contributed by atoms with Crippen LogP contribution in [0.5, 0.6) is 0 Å². The first kappa shape index (κ1) is 13.8. The Bertz CT molecular complexity index is 403. The average Bonchev–Trinajstić information content (AvgIpc) is 2.40. The highest BCUT2D eigenvalue weighted by atomic mass is 16.6. The van der Waals surface area contributed by atoms with E-state index in [0.29, 0.717) is 19.5 Å². The second kappa shape index (κ2) is 6.54. The van der Waals surface area contributed by atoms with E-state index in [2.05, 4.69) is 0 Å². The predicted molar refractivity (Wildman–Crippen MR) is 69.4 cm³/mol. The van der Waals surface area contributed by atoms with E-state index in [-0.39, 0.29) is 25.2 Å². The lowest BCUT2D eigenvalue weighted by atomic mass is 9.94. The number of amides is 1. The third kappa shape index (κ3) is 3.94. The molecule has 0 spiro atoms. The van der Waals surface area contributed by atoms with Gasteiger partial charge in [0.25, 0.3) is 0 Å². The van der Waals surface area contributed by atoms with Gasteiger partial charge < -0.3 is 19.8 Å². The largest absolute Gasteiger partial charge is 0.445 e. The molecule has 1 atom stereocenters. The highest BCUT2D eigenvalue weighted by Gasteiger charge is 2.32. The molecule has 1 aliphatic rings. The maximum atomic E-state index is 11.7. The van der Waals surface area contributed by atoms with Crippen molar-refractivity contribution in [2.24, 2.45) is 5.92 Å². The highest BCUT2D eigenvalue weighted by Crippen LogP contribution is 2.21. The van der Waals surface area contributed by atoms with Gasteiger partial charge in [-0.1, -0.05) is 30.3 Å². The Labute approximate surface area is 112 Å². The fraction of sp³-hybridized carbons (Fsp3) is 0.500. The predicted octanol–water partition coefficient (Wildman–Crippen LogP) is 0.998. The number of aliphatic hydroxyl groups is 2. The number of aliphatic hydroxyl groups excluding tert-OH is 2. The van der Waals surface area contributed by atoms with E-state index in [0.717, 1.165) is 5.56 Å². The van der Waals surface area contributed by atoms with Gasteiger partial charge in [0.2, 0.25) is 0 Å². The molecule has 5 heteroatoms. The zero-order chi connectivity index (χ0) is 13.7. The number of benzene rings is 1. The molecule has 0 aliphatic carbocycles. The molecule has 104 valence electrons. The van der Waals surface area contributed by atoms with Crippen molar-refractivity contribution in [3.05, 3.63) is 35.9 Å². The van der Waals surface area contributed by atoms with Crippen molar-refractivity contribution in [3.8, 4) is 0 Å². The molecule has 1 aromatic rings. The Morgan fingerprint density at radius 3 is 2.68 bits per heavy atom. The maximum absolute atomic E-state index is 11.7. The normalized spacial score (nSPS) is 16.8. The van der Waals surface area contributed by atoms with E-state index >= 15 is 0 Å². The third-order valence-electron chi connectivity index (χ3n) is 3.24. The monoisotopic (exact) mass is 265 g/mol. The van der Waals surface area contributed by atoms with Crippen LogP contribution in [0, 0.1) is 5.92 Å². The van der Waals surface area contributed by atoms with Crippen molar-refractivity contribution in [1.29, 1.82) is 0 Å². The van der Waals surface area contributed by atoms with Gasteiger partial charge in [-0.05, 0) is 17.9 Å². The van der Waals surface area contributed by atoms with E-state index in [9.17, 15) is 9.90 Å². The number of likely N-dealkylation sites (tertiary alicyclic amines) is 1. The molecule has 1 heterocycles. The number of hydrogen-bond acceptors (Lipinski definition) is 4.